The summed E-state index contributed by atoms with van der Waals surface area (Å²) in [6.07, 6.45) is 0. The van der Waals surface area contributed by atoms with E-state index in [0.29, 0.717) is 13.1 Å². The molecule has 118 valence electrons. The Balaban J connectivity index is 0. The van der Waals surface area contributed by atoms with Gasteiger partial charge in [-0.15, -0.1) is 0 Å². The Morgan fingerprint density at radius 1 is 0.913 bits per heavy atom. The second-order valence-electron chi connectivity index (χ2n) is 3.85. The van der Waals surface area contributed by atoms with Crippen molar-refractivity contribution in [2.45, 2.75) is 0 Å². The Bertz CT molecular complexity index is 488. The topological polar surface area (TPSA) is 147 Å². The third-order valence-corrected chi connectivity index (χ3v) is 7.07. The SMILES string of the molecule is O=P([O-])([O-])OP1(=O)OCCN2CCOP(=O)(OCC2)O1.[Na+].[Na+].[Na+]. The summed E-state index contributed by atoms with van der Waals surface area (Å²) in [7, 11) is -14.9. The van der Waals surface area contributed by atoms with Gasteiger partial charge in [0, 0.05) is 19.6 Å². The molecule has 3 aliphatic heterocycles. The van der Waals surface area contributed by atoms with Crippen molar-refractivity contribution in [1.82, 2.24) is 4.90 Å². The molecule has 23 heavy (non-hydrogen) atoms. The van der Waals surface area contributed by atoms with Crippen molar-refractivity contribution in [3.8, 4) is 0 Å². The largest absolute Gasteiger partial charge is 1.00 e. The number of rotatable bonds is 2. The van der Waals surface area contributed by atoms with E-state index in [1.54, 1.807) is 4.90 Å². The molecule has 3 rings (SSSR count). The summed E-state index contributed by atoms with van der Waals surface area (Å²) in [5.41, 5.74) is 0. The standard InChI is InChI=1S/C6H14NO10P3.3Na/c8-18(9,10)16-20(12)15-6-3-7-1-4-13-19(11,17-20)14-5-2-7;;;/h1-6H2,(H2,8,9,10);;;/q;3*+1/p-2. The van der Waals surface area contributed by atoms with E-state index in [2.05, 4.69) is 13.1 Å². The van der Waals surface area contributed by atoms with Crippen molar-refractivity contribution in [3.05, 3.63) is 0 Å². The van der Waals surface area contributed by atoms with E-state index in [0.717, 1.165) is 0 Å². The number of phosphoric ester groups is 1. The van der Waals surface area contributed by atoms with Crippen molar-refractivity contribution in [1.29, 1.82) is 0 Å². The molecule has 0 aromatic carbocycles. The van der Waals surface area contributed by atoms with Crippen molar-refractivity contribution < 1.29 is 134 Å². The van der Waals surface area contributed by atoms with Crippen LogP contribution in [0.15, 0.2) is 0 Å². The average Bonchev–Trinajstić information content (AvgIpc) is 2.22. The van der Waals surface area contributed by atoms with E-state index in [4.69, 9.17) is 9.05 Å². The van der Waals surface area contributed by atoms with Crippen LogP contribution >= 0.6 is 23.5 Å². The molecule has 0 radical (unpaired) electrons. The van der Waals surface area contributed by atoms with Crippen LogP contribution in [0.4, 0.5) is 0 Å². The second kappa shape index (κ2) is 12.0. The van der Waals surface area contributed by atoms with E-state index in [1.807, 2.05) is 0 Å². The Morgan fingerprint density at radius 3 is 1.78 bits per heavy atom. The first kappa shape index (κ1) is 28.6. The monoisotopic (exact) mass is 420 g/mol. The fourth-order valence-corrected chi connectivity index (χ4v) is 5.66. The number of hydrogen-bond acceptors (Lipinski definition) is 11. The number of phosphoric acid groups is 3. The molecule has 3 saturated heterocycles. The van der Waals surface area contributed by atoms with E-state index < -0.39 is 23.5 Å². The van der Waals surface area contributed by atoms with Gasteiger partial charge in [0.15, 0.2) is 0 Å². The van der Waals surface area contributed by atoms with Gasteiger partial charge in [0.05, 0.1) is 27.6 Å². The van der Waals surface area contributed by atoms with Crippen LogP contribution in [0.5, 0.6) is 0 Å². The average molecular weight is 420 g/mol. The van der Waals surface area contributed by atoms with Crippen LogP contribution in [0.25, 0.3) is 0 Å². The predicted molar refractivity (Wildman–Crippen MR) is 59.3 cm³/mol. The maximum atomic E-state index is 12.1. The van der Waals surface area contributed by atoms with Gasteiger partial charge in [0.2, 0.25) is 0 Å². The van der Waals surface area contributed by atoms with Gasteiger partial charge in [-0.05, 0) is 0 Å². The molecule has 3 heterocycles. The Morgan fingerprint density at radius 2 is 1.35 bits per heavy atom. The molecular formula is C6H12NNa3O10P3+. The van der Waals surface area contributed by atoms with E-state index in [-0.39, 0.29) is 115 Å². The first-order valence-electron chi connectivity index (χ1n) is 5.51. The molecule has 0 aromatic heterocycles. The summed E-state index contributed by atoms with van der Waals surface area (Å²) in [6.45, 7) is 0.722. The van der Waals surface area contributed by atoms with Crippen molar-refractivity contribution in [2.24, 2.45) is 0 Å². The Hall–Kier alpha value is 3.37. The Kier molecular flexibility index (Phi) is 15.0. The third-order valence-electron chi connectivity index (χ3n) is 2.37. The molecule has 1 unspecified atom stereocenters. The Labute approximate surface area is 199 Å². The zero-order valence-electron chi connectivity index (χ0n) is 13.1. The molecule has 2 bridgehead atoms. The first-order chi connectivity index (χ1) is 9.20. The molecule has 1 atom stereocenters. The minimum absolute atomic E-state index is 0. The maximum absolute atomic E-state index is 12.1. The van der Waals surface area contributed by atoms with Crippen LogP contribution in [0.1, 0.15) is 0 Å². The minimum Gasteiger partial charge on any atom is -0.789 e. The number of nitrogens with zero attached hydrogens (tertiary/aromatic N) is 1. The van der Waals surface area contributed by atoms with Gasteiger partial charge in [0.1, 0.15) is 0 Å². The van der Waals surface area contributed by atoms with Gasteiger partial charge in [-0.2, -0.15) is 4.31 Å². The third kappa shape index (κ3) is 10.5. The summed E-state index contributed by atoms with van der Waals surface area (Å²) >= 11 is 0. The molecule has 0 aliphatic carbocycles. The molecule has 0 saturated carbocycles. The summed E-state index contributed by atoms with van der Waals surface area (Å²) in [4.78, 5) is 22.9. The molecule has 0 spiro atoms. The van der Waals surface area contributed by atoms with Gasteiger partial charge in [-0.3, -0.25) is 22.8 Å². The maximum Gasteiger partial charge on any atom is 1.00 e. The zero-order chi connectivity index (χ0) is 14.9. The molecule has 0 amide bonds. The number of hydrogen-bond donors (Lipinski definition) is 0. The van der Waals surface area contributed by atoms with E-state index in [9.17, 15) is 23.5 Å². The van der Waals surface area contributed by atoms with Crippen LogP contribution in [0.2, 0.25) is 0 Å². The van der Waals surface area contributed by atoms with Crippen LogP contribution in [-0.2, 0) is 35.9 Å². The molecule has 0 aromatic rings. The van der Waals surface area contributed by atoms with E-state index >= 15 is 0 Å². The van der Waals surface area contributed by atoms with Crippen molar-refractivity contribution >= 4 is 23.5 Å². The molecule has 17 heteroatoms. The van der Waals surface area contributed by atoms with Gasteiger partial charge in [-0.25, -0.2) is 9.13 Å². The van der Waals surface area contributed by atoms with Crippen LogP contribution < -0.4 is 98.5 Å². The van der Waals surface area contributed by atoms with Crippen LogP contribution in [0, 0.1) is 0 Å². The molecule has 3 aliphatic rings. The predicted octanol–water partition coefficient (Wildman–Crippen LogP) is -9.54. The molecule has 11 nitrogen and oxygen atoms in total. The van der Waals surface area contributed by atoms with Gasteiger partial charge >= 0.3 is 104 Å². The number of fused-ring (bicyclic) bond motifs is 8. The van der Waals surface area contributed by atoms with Crippen molar-refractivity contribution in [2.75, 3.05) is 39.5 Å². The normalized spacial score (nSPS) is 35.0. The van der Waals surface area contributed by atoms with Gasteiger partial charge in [0.25, 0.3) is 0 Å². The second-order valence-corrected chi connectivity index (χ2v) is 8.61. The van der Waals surface area contributed by atoms with Crippen LogP contribution in [-0.4, -0.2) is 44.4 Å². The summed E-state index contributed by atoms with van der Waals surface area (Å²) in [6, 6.07) is 0. The zero-order valence-corrected chi connectivity index (χ0v) is 21.8. The molecule has 3 fully saturated rings. The smallest absolute Gasteiger partial charge is 0.789 e. The summed E-state index contributed by atoms with van der Waals surface area (Å²) in [5.74, 6) is 0. The fraction of sp³-hybridized carbons (Fsp3) is 1.00. The van der Waals surface area contributed by atoms with Crippen LogP contribution in [0.3, 0.4) is 0 Å². The van der Waals surface area contributed by atoms with Gasteiger partial charge < -0.3 is 14.4 Å². The first-order valence-corrected chi connectivity index (χ1v) is 9.89. The van der Waals surface area contributed by atoms with Crippen molar-refractivity contribution in [3.63, 3.8) is 0 Å². The molecule has 0 N–H and O–H groups in total. The minimum atomic E-state index is -5.68. The van der Waals surface area contributed by atoms with E-state index in [1.165, 1.54) is 0 Å². The molecular weight excluding hydrogens is 408 g/mol. The van der Waals surface area contributed by atoms with Gasteiger partial charge in [-0.1, -0.05) is 0 Å². The fourth-order valence-electron chi connectivity index (χ4n) is 1.57. The quantitative estimate of drug-likeness (QED) is 0.310. The summed E-state index contributed by atoms with van der Waals surface area (Å²) in [5, 5.41) is 0. The summed E-state index contributed by atoms with van der Waals surface area (Å²) < 4.78 is 57.2.